The van der Waals surface area contributed by atoms with Crippen molar-refractivity contribution in [3.63, 3.8) is 0 Å². The van der Waals surface area contributed by atoms with E-state index in [1.807, 2.05) is 39.0 Å². The molecular formula is C25H23F2N5O. The van der Waals surface area contributed by atoms with E-state index in [9.17, 15) is 8.78 Å². The Kier molecular flexibility index (Phi) is 5.46. The second kappa shape index (κ2) is 8.44. The van der Waals surface area contributed by atoms with Crippen LogP contribution in [-0.4, -0.2) is 39.6 Å². The third kappa shape index (κ3) is 4.14. The minimum atomic E-state index is -0.687. The molecule has 1 aliphatic rings. The summed E-state index contributed by atoms with van der Waals surface area (Å²) in [6.45, 7) is 7.40. The highest BCUT2D eigenvalue weighted by Crippen LogP contribution is 2.33. The zero-order chi connectivity index (χ0) is 23.1. The van der Waals surface area contributed by atoms with Crippen LogP contribution in [0, 0.1) is 32.4 Å². The molecule has 4 aromatic rings. The molecule has 8 heteroatoms. The second-order valence-corrected chi connectivity index (χ2v) is 8.25. The quantitative estimate of drug-likeness (QED) is 0.447. The lowest BCUT2D eigenvalue weighted by Crippen LogP contribution is -2.39. The van der Waals surface area contributed by atoms with Crippen molar-refractivity contribution in [2.24, 2.45) is 0 Å². The Hall–Kier alpha value is -3.52. The molecule has 0 saturated carbocycles. The largest absolute Gasteiger partial charge is 0.370 e. The smallest absolute Gasteiger partial charge is 0.135 e. The van der Waals surface area contributed by atoms with Crippen LogP contribution in [0.4, 0.5) is 14.6 Å². The van der Waals surface area contributed by atoms with E-state index in [0.29, 0.717) is 42.2 Å². The fourth-order valence-electron chi connectivity index (χ4n) is 4.08. The number of halogens is 2. The van der Waals surface area contributed by atoms with Crippen LogP contribution < -0.4 is 4.90 Å². The molecule has 1 aliphatic heterocycles. The fraction of sp³-hybridized carbons (Fsp3) is 0.280. The SMILES string of the molecule is Cc1cc([C@@H]2CN(c3cc4nc(C)c(C)nc4c(-c4ccc(F)cc4F)n3)CCO2)ccn1. The summed E-state index contributed by atoms with van der Waals surface area (Å²) in [5, 5.41) is 0. The second-order valence-electron chi connectivity index (χ2n) is 8.25. The molecule has 6 nitrogen and oxygen atoms in total. The number of rotatable bonds is 3. The summed E-state index contributed by atoms with van der Waals surface area (Å²) in [6, 6.07) is 9.32. The number of anilines is 1. The van der Waals surface area contributed by atoms with Crippen molar-refractivity contribution >= 4 is 16.9 Å². The average Bonchev–Trinajstić information content (AvgIpc) is 2.80. The lowest BCUT2D eigenvalue weighted by Gasteiger charge is -2.34. The van der Waals surface area contributed by atoms with Gasteiger partial charge in [0, 0.05) is 42.7 Å². The average molecular weight is 447 g/mol. The zero-order valence-electron chi connectivity index (χ0n) is 18.6. The maximum atomic E-state index is 14.8. The van der Waals surface area contributed by atoms with Gasteiger partial charge >= 0.3 is 0 Å². The Morgan fingerprint density at radius 1 is 0.970 bits per heavy atom. The van der Waals surface area contributed by atoms with Crippen LogP contribution in [0.5, 0.6) is 0 Å². The molecule has 1 aromatic carbocycles. The third-order valence-electron chi connectivity index (χ3n) is 5.92. The number of aromatic nitrogens is 4. The summed E-state index contributed by atoms with van der Waals surface area (Å²) in [5.74, 6) is -0.676. The maximum Gasteiger partial charge on any atom is 0.135 e. The molecule has 0 amide bonds. The summed E-state index contributed by atoms with van der Waals surface area (Å²) >= 11 is 0. The van der Waals surface area contributed by atoms with E-state index >= 15 is 0 Å². The summed E-state index contributed by atoms with van der Waals surface area (Å²) in [5.41, 5.74) is 5.13. The Morgan fingerprint density at radius 2 is 1.79 bits per heavy atom. The van der Waals surface area contributed by atoms with Gasteiger partial charge in [-0.1, -0.05) is 0 Å². The van der Waals surface area contributed by atoms with Crippen molar-refractivity contribution in [2.75, 3.05) is 24.6 Å². The molecule has 1 fully saturated rings. The van der Waals surface area contributed by atoms with Gasteiger partial charge in [0.1, 0.15) is 34.8 Å². The van der Waals surface area contributed by atoms with Gasteiger partial charge in [-0.15, -0.1) is 0 Å². The topological polar surface area (TPSA) is 64.0 Å². The van der Waals surface area contributed by atoms with Crippen molar-refractivity contribution < 1.29 is 13.5 Å². The van der Waals surface area contributed by atoms with Crippen LogP contribution in [0.25, 0.3) is 22.3 Å². The first-order valence-electron chi connectivity index (χ1n) is 10.8. The van der Waals surface area contributed by atoms with E-state index < -0.39 is 11.6 Å². The van der Waals surface area contributed by atoms with Gasteiger partial charge in [-0.3, -0.25) is 4.98 Å². The number of hydrogen-bond acceptors (Lipinski definition) is 6. The third-order valence-corrected chi connectivity index (χ3v) is 5.92. The first-order chi connectivity index (χ1) is 15.9. The number of nitrogens with zero attached hydrogens (tertiary/aromatic N) is 5. The van der Waals surface area contributed by atoms with Gasteiger partial charge in [0.2, 0.25) is 0 Å². The minimum Gasteiger partial charge on any atom is -0.370 e. The highest BCUT2D eigenvalue weighted by atomic mass is 19.1. The van der Waals surface area contributed by atoms with Gasteiger partial charge in [0.15, 0.2) is 0 Å². The molecule has 5 rings (SSSR count). The number of aryl methyl sites for hydroxylation is 3. The van der Waals surface area contributed by atoms with Gasteiger partial charge in [0.05, 0.1) is 23.5 Å². The van der Waals surface area contributed by atoms with E-state index in [0.717, 1.165) is 28.7 Å². The Labute approximate surface area is 190 Å². The van der Waals surface area contributed by atoms with E-state index in [1.54, 1.807) is 6.20 Å². The molecule has 0 bridgehead atoms. The van der Waals surface area contributed by atoms with Crippen LogP contribution in [0.3, 0.4) is 0 Å². The minimum absolute atomic E-state index is 0.144. The van der Waals surface area contributed by atoms with Crippen LogP contribution in [0.2, 0.25) is 0 Å². The summed E-state index contributed by atoms with van der Waals surface area (Å²) in [7, 11) is 0. The number of fused-ring (bicyclic) bond motifs is 1. The first kappa shape index (κ1) is 21.3. The fourth-order valence-corrected chi connectivity index (χ4v) is 4.08. The predicted molar refractivity (Wildman–Crippen MR) is 122 cm³/mol. The Bertz CT molecular complexity index is 1360. The van der Waals surface area contributed by atoms with Gasteiger partial charge in [-0.2, -0.15) is 0 Å². The normalized spacial score (nSPS) is 16.4. The van der Waals surface area contributed by atoms with E-state index in [1.165, 1.54) is 12.1 Å². The molecule has 0 aliphatic carbocycles. The van der Waals surface area contributed by atoms with Crippen molar-refractivity contribution in [2.45, 2.75) is 26.9 Å². The van der Waals surface area contributed by atoms with E-state index in [-0.39, 0.29) is 11.7 Å². The van der Waals surface area contributed by atoms with Crippen LogP contribution in [0.15, 0.2) is 42.6 Å². The molecule has 0 radical (unpaired) electrons. The van der Waals surface area contributed by atoms with Crippen LogP contribution in [0.1, 0.15) is 28.7 Å². The molecule has 168 valence electrons. The predicted octanol–water partition coefficient (Wildman–Crippen LogP) is 4.87. The molecule has 4 heterocycles. The molecule has 0 N–H and O–H groups in total. The summed E-state index contributed by atoms with van der Waals surface area (Å²) < 4.78 is 34.4. The van der Waals surface area contributed by atoms with Crippen molar-refractivity contribution in [3.05, 3.63) is 76.9 Å². The zero-order valence-corrected chi connectivity index (χ0v) is 18.6. The molecule has 0 unspecified atom stereocenters. The molecule has 1 atom stereocenters. The molecule has 0 spiro atoms. The molecule has 3 aromatic heterocycles. The van der Waals surface area contributed by atoms with Gasteiger partial charge in [-0.25, -0.2) is 23.7 Å². The van der Waals surface area contributed by atoms with Gasteiger partial charge < -0.3 is 9.64 Å². The molecule has 33 heavy (non-hydrogen) atoms. The van der Waals surface area contributed by atoms with Crippen molar-refractivity contribution in [3.8, 4) is 11.3 Å². The van der Waals surface area contributed by atoms with E-state index in [2.05, 4.69) is 19.9 Å². The lowest BCUT2D eigenvalue weighted by molar-refractivity contribution is 0.0394. The number of pyridine rings is 2. The number of hydrogen-bond donors (Lipinski definition) is 0. The van der Waals surface area contributed by atoms with Crippen molar-refractivity contribution in [1.82, 2.24) is 19.9 Å². The summed E-state index contributed by atoms with van der Waals surface area (Å²) in [6.07, 6.45) is 1.63. The number of ether oxygens (including phenoxy) is 1. The summed E-state index contributed by atoms with van der Waals surface area (Å²) in [4.78, 5) is 20.5. The highest BCUT2D eigenvalue weighted by Gasteiger charge is 2.25. The molecule has 1 saturated heterocycles. The van der Waals surface area contributed by atoms with Crippen LogP contribution in [-0.2, 0) is 4.74 Å². The molecular weight excluding hydrogens is 424 g/mol. The Balaban J connectivity index is 1.62. The Morgan fingerprint density at radius 3 is 2.58 bits per heavy atom. The van der Waals surface area contributed by atoms with Crippen LogP contribution >= 0.6 is 0 Å². The number of benzene rings is 1. The highest BCUT2D eigenvalue weighted by molar-refractivity contribution is 5.91. The van der Waals surface area contributed by atoms with Gasteiger partial charge in [0.25, 0.3) is 0 Å². The van der Waals surface area contributed by atoms with E-state index in [4.69, 9.17) is 9.72 Å². The maximum absolute atomic E-state index is 14.8. The first-order valence-corrected chi connectivity index (χ1v) is 10.8. The monoisotopic (exact) mass is 447 g/mol. The number of morpholine rings is 1. The lowest BCUT2D eigenvalue weighted by atomic mass is 10.1. The van der Waals surface area contributed by atoms with Gasteiger partial charge in [-0.05, 0) is 50.6 Å². The standard InChI is InChI=1S/C25H23F2N5O/c1-14-10-17(6-7-28-14)22-13-32(8-9-33-22)23-12-21-25(30-16(3)15(2)29-21)24(31-23)19-5-4-18(26)11-20(19)27/h4-7,10-12,22H,8-9,13H2,1-3H3/t22-/m0/s1. The van der Waals surface area contributed by atoms with Crippen molar-refractivity contribution in [1.29, 1.82) is 0 Å².